The molecular weight excluding hydrogens is 544 g/mol. The van der Waals surface area contributed by atoms with Gasteiger partial charge in [0, 0.05) is 18.5 Å². The van der Waals surface area contributed by atoms with E-state index in [1.165, 1.54) is 10.4 Å². The van der Waals surface area contributed by atoms with E-state index >= 15 is 0 Å². The predicted octanol–water partition coefficient (Wildman–Crippen LogP) is 5.57. The van der Waals surface area contributed by atoms with Gasteiger partial charge in [-0.25, -0.2) is 4.79 Å². The first-order valence-electron chi connectivity index (χ1n) is 14.8. The molecule has 5 rings (SSSR count). The number of carbonyl (C=O) groups excluding carboxylic acids is 2. The molecule has 2 atom stereocenters. The van der Waals surface area contributed by atoms with E-state index in [9.17, 15) is 9.59 Å². The minimum atomic E-state index is -2.83. The van der Waals surface area contributed by atoms with Gasteiger partial charge in [-0.3, -0.25) is 4.79 Å². The molecule has 222 valence electrons. The van der Waals surface area contributed by atoms with Gasteiger partial charge >= 0.3 is 14.4 Å². The van der Waals surface area contributed by atoms with Gasteiger partial charge in [-0.15, -0.1) is 0 Å². The number of hydrogen-bond donors (Lipinski definition) is 1. The van der Waals surface area contributed by atoms with Crippen molar-refractivity contribution in [2.75, 3.05) is 13.2 Å². The Bertz CT molecular complexity index is 1380. The molecule has 0 radical (unpaired) electrons. The molecule has 1 saturated heterocycles. The van der Waals surface area contributed by atoms with Gasteiger partial charge in [-0.1, -0.05) is 81.4 Å². The molecule has 7 nitrogen and oxygen atoms in total. The monoisotopic (exact) mass is 586 g/mol. The molecule has 1 fully saturated rings. The lowest BCUT2D eigenvalue weighted by Gasteiger charge is -2.43. The molecule has 1 N–H and O–H groups in total. The second-order valence-corrected chi connectivity index (χ2v) is 17.4. The molecular formula is C34H42N2O5Si. The van der Waals surface area contributed by atoms with Crippen molar-refractivity contribution in [2.45, 2.75) is 77.1 Å². The molecule has 0 bridgehead atoms. The van der Waals surface area contributed by atoms with Crippen molar-refractivity contribution >= 4 is 30.7 Å². The van der Waals surface area contributed by atoms with E-state index in [1.54, 1.807) is 20.8 Å². The summed E-state index contributed by atoms with van der Waals surface area (Å²) in [5.74, 6) is 1.42. The van der Waals surface area contributed by atoms with Crippen LogP contribution in [0.4, 0.5) is 4.79 Å². The largest absolute Gasteiger partial charge is 0.534 e. The van der Waals surface area contributed by atoms with Crippen molar-refractivity contribution < 1.29 is 23.5 Å². The summed E-state index contributed by atoms with van der Waals surface area (Å²) < 4.78 is 18.7. The van der Waals surface area contributed by atoms with Crippen LogP contribution in [-0.4, -0.2) is 50.0 Å². The second kappa shape index (κ2) is 11.5. The SMILES string of the molecule is CC(C)(C)OC(=O)N[C@@H]1CCN([C@@H]2CCOc3ccc(O[Si](c4ccccc4)(c4ccccc4)C(C)(C)C)cc32)C1=O. The smallest absolute Gasteiger partial charge is 0.408 e. The van der Waals surface area contributed by atoms with Gasteiger partial charge in [0.15, 0.2) is 0 Å². The lowest BCUT2D eigenvalue weighted by atomic mass is 9.99. The zero-order valence-electron chi connectivity index (χ0n) is 25.5. The summed E-state index contributed by atoms with van der Waals surface area (Å²) in [5.41, 5.74) is 0.301. The van der Waals surface area contributed by atoms with E-state index in [4.69, 9.17) is 13.9 Å². The Morgan fingerprint density at radius 1 is 0.905 bits per heavy atom. The summed E-state index contributed by atoms with van der Waals surface area (Å²) in [5, 5.41) is 4.97. The number of rotatable bonds is 6. The normalized spacial score (nSPS) is 19.1. The Labute approximate surface area is 250 Å². The third kappa shape index (κ3) is 5.90. The van der Waals surface area contributed by atoms with Crippen LogP contribution < -0.4 is 24.9 Å². The van der Waals surface area contributed by atoms with Crippen LogP contribution in [0.3, 0.4) is 0 Å². The highest BCUT2D eigenvalue weighted by atomic mass is 28.4. The molecule has 0 aromatic heterocycles. The van der Waals surface area contributed by atoms with Crippen molar-refractivity contribution in [3.8, 4) is 11.5 Å². The van der Waals surface area contributed by atoms with Gasteiger partial charge in [0.2, 0.25) is 5.91 Å². The van der Waals surface area contributed by atoms with Gasteiger partial charge in [-0.2, -0.15) is 0 Å². The van der Waals surface area contributed by atoms with Crippen molar-refractivity contribution in [3.05, 3.63) is 84.4 Å². The predicted molar refractivity (Wildman–Crippen MR) is 167 cm³/mol. The average molecular weight is 587 g/mol. The van der Waals surface area contributed by atoms with Crippen molar-refractivity contribution in [1.29, 1.82) is 0 Å². The molecule has 0 saturated carbocycles. The molecule has 2 aliphatic heterocycles. The van der Waals surface area contributed by atoms with Crippen LogP contribution in [0.15, 0.2) is 78.9 Å². The fourth-order valence-corrected chi connectivity index (χ4v) is 10.6. The summed E-state index contributed by atoms with van der Waals surface area (Å²) in [6.07, 6.45) is 0.625. The quantitative estimate of drug-likeness (QED) is 0.382. The van der Waals surface area contributed by atoms with Crippen LogP contribution in [0.2, 0.25) is 5.04 Å². The molecule has 0 aliphatic carbocycles. The number of benzene rings is 3. The molecule has 3 aromatic carbocycles. The number of nitrogens with zero attached hydrogens (tertiary/aromatic N) is 1. The number of nitrogens with one attached hydrogen (secondary N) is 1. The number of amides is 2. The van der Waals surface area contributed by atoms with Crippen LogP contribution in [0, 0.1) is 0 Å². The first kappa shape index (κ1) is 29.7. The topological polar surface area (TPSA) is 77.1 Å². The van der Waals surface area contributed by atoms with E-state index in [-0.39, 0.29) is 17.0 Å². The maximum Gasteiger partial charge on any atom is 0.408 e. The van der Waals surface area contributed by atoms with Gasteiger partial charge < -0.3 is 24.1 Å². The molecule has 42 heavy (non-hydrogen) atoms. The number of likely N-dealkylation sites (tertiary alicyclic amines) is 1. The summed E-state index contributed by atoms with van der Waals surface area (Å²) in [6.45, 7) is 13.2. The minimum absolute atomic E-state index is 0.1000. The van der Waals surface area contributed by atoms with E-state index in [1.807, 2.05) is 29.2 Å². The zero-order valence-corrected chi connectivity index (χ0v) is 26.5. The lowest BCUT2D eigenvalue weighted by molar-refractivity contribution is -0.132. The summed E-state index contributed by atoms with van der Waals surface area (Å²) in [6, 6.07) is 26.3. The first-order valence-corrected chi connectivity index (χ1v) is 16.7. The fraction of sp³-hybridized carbons (Fsp3) is 0.412. The highest BCUT2D eigenvalue weighted by Gasteiger charge is 2.52. The van der Waals surface area contributed by atoms with E-state index in [2.05, 4.69) is 80.7 Å². The molecule has 2 amide bonds. The molecule has 0 unspecified atom stereocenters. The van der Waals surface area contributed by atoms with Gasteiger partial charge in [0.1, 0.15) is 23.1 Å². The lowest BCUT2D eigenvalue weighted by Crippen LogP contribution is -2.68. The third-order valence-corrected chi connectivity index (χ3v) is 12.9. The van der Waals surface area contributed by atoms with E-state index in [0.29, 0.717) is 26.0 Å². The Hall–Kier alpha value is -3.78. The van der Waals surface area contributed by atoms with Crippen LogP contribution in [0.5, 0.6) is 11.5 Å². The average Bonchev–Trinajstić information content (AvgIpc) is 3.29. The van der Waals surface area contributed by atoms with Crippen LogP contribution in [0.1, 0.15) is 66.0 Å². The molecule has 0 spiro atoms. The highest BCUT2D eigenvalue weighted by molar-refractivity contribution is 7.00. The second-order valence-electron chi connectivity index (χ2n) is 13.1. The summed E-state index contributed by atoms with van der Waals surface area (Å²) in [7, 11) is -2.83. The summed E-state index contributed by atoms with van der Waals surface area (Å²) >= 11 is 0. The minimum Gasteiger partial charge on any atom is -0.534 e. The number of hydrogen-bond acceptors (Lipinski definition) is 5. The Balaban J connectivity index is 1.48. The van der Waals surface area contributed by atoms with Gasteiger partial charge in [0.25, 0.3) is 0 Å². The maximum atomic E-state index is 13.5. The van der Waals surface area contributed by atoms with E-state index < -0.39 is 26.1 Å². The van der Waals surface area contributed by atoms with Gasteiger partial charge in [-0.05, 0) is 60.8 Å². The standard InChI is InChI=1S/C34H42N2O5Si/c1-33(2,3)40-32(38)35-28-19-21-36(31(28)37)29-20-22-39-30-18-17-24(23-27(29)30)41-42(34(4,5)6,25-13-9-7-10-14-25)26-15-11-8-12-16-26/h7-18,23,28-29H,19-22H2,1-6H3,(H,35,38)/t28-,29-/m1/s1. The highest BCUT2D eigenvalue weighted by Crippen LogP contribution is 2.42. The van der Waals surface area contributed by atoms with Crippen LogP contribution in [0.25, 0.3) is 0 Å². The molecule has 8 heteroatoms. The number of fused-ring (bicyclic) bond motifs is 1. The Morgan fingerprint density at radius 3 is 2.10 bits per heavy atom. The fourth-order valence-electron chi connectivity index (χ4n) is 6.16. The first-order chi connectivity index (χ1) is 19.9. The van der Waals surface area contributed by atoms with Crippen molar-refractivity contribution in [3.63, 3.8) is 0 Å². The zero-order chi connectivity index (χ0) is 30.1. The number of ether oxygens (including phenoxy) is 2. The molecule has 2 heterocycles. The Kier molecular flexibility index (Phi) is 8.12. The molecule has 2 aliphatic rings. The van der Waals surface area contributed by atoms with Gasteiger partial charge in [0.05, 0.1) is 12.6 Å². The molecule has 3 aromatic rings. The number of carbonyl (C=O) groups is 2. The van der Waals surface area contributed by atoms with Crippen LogP contribution >= 0.6 is 0 Å². The van der Waals surface area contributed by atoms with E-state index in [0.717, 1.165) is 17.1 Å². The third-order valence-electron chi connectivity index (χ3n) is 7.98. The van der Waals surface area contributed by atoms with Crippen molar-refractivity contribution in [1.82, 2.24) is 10.2 Å². The van der Waals surface area contributed by atoms with Crippen LogP contribution in [-0.2, 0) is 9.53 Å². The maximum absolute atomic E-state index is 13.5. The van der Waals surface area contributed by atoms with Crippen molar-refractivity contribution in [2.24, 2.45) is 0 Å². The Morgan fingerprint density at radius 2 is 1.52 bits per heavy atom. The number of alkyl carbamates (subject to hydrolysis) is 1. The summed E-state index contributed by atoms with van der Waals surface area (Å²) in [4.78, 5) is 27.8.